The summed E-state index contributed by atoms with van der Waals surface area (Å²) in [6.45, 7) is 1.27. The summed E-state index contributed by atoms with van der Waals surface area (Å²) in [6, 6.07) is 0.989. The quantitative estimate of drug-likeness (QED) is 0.694. The molecule has 1 unspecified atom stereocenters. The number of nitrogens with two attached hydrogens (primary N) is 1. The molecule has 3 N–H and O–H groups in total. The molecule has 0 amide bonds. The van der Waals surface area contributed by atoms with Crippen LogP contribution in [0.5, 0.6) is 0 Å². The first-order valence-corrected chi connectivity index (χ1v) is 3.96. The second-order valence-electron chi connectivity index (χ2n) is 2.82. The van der Waals surface area contributed by atoms with Gasteiger partial charge in [0, 0.05) is 18.0 Å². The molecule has 1 heterocycles. The predicted octanol–water partition coefficient (Wildman–Crippen LogP) is 0.163. The van der Waals surface area contributed by atoms with Gasteiger partial charge in [-0.1, -0.05) is 0 Å². The van der Waals surface area contributed by atoms with Gasteiger partial charge in [-0.3, -0.25) is 9.78 Å². The van der Waals surface area contributed by atoms with E-state index < -0.39 is 6.04 Å². The summed E-state index contributed by atoms with van der Waals surface area (Å²) in [7, 11) is 0. The van der Waals surface area contributed by atoms with Gasteiger partial charge in [0.05, 0.1) is 12.6 Å². The van der Waals surface area contributed by atoms with E-state index in [4.69, 9.17) is 10.8 Å². The van der Waals surface area contributed by atoms with E-state index >= 15 is 0 Å². The molecule has 4 nitrogen and oxygen atoms in total. The first-order chi connectivity index (χ1) is 6.16. The predicted molar refractivity (Wildman–Crippen MR) is 47.8 cm³/mol. The summed E-state index contributed by atoms with van der Waals surface area (Å²) < 4.78 is 0. The van der Waals surface area contributed by atoms with Gasteiger partial charge in [0.2, 0.25) is 0 Å². The van der Waals surface area contributed by atoms with Crippen LogP contribution < -0.4 is 5.73 Å². The highest BCUT2D eigenvalue weighted by Gasteiger charge is 2.14. The normalized spacial score (nSPS) is 12.5. The summed E-state index contributed by atoms with van der Waals surface area (Å²) in [5.41, 5.74) is 6.87. The number of hydrogen-bond donors (Lipinski definition) is 2. The molecule has 0 radical (unpaired) electrons. The van der Waals surface area contributed by atoms with E-state index in [-0.39, 0.29) is 12.4 Å². The van der Waals surface area contributed by atoms with Crippen LogP contribution in [0.15, 0.2) is 18.5 Å². The second-order valence-corrected chi connectivity index (χ2v) is 2.82. The average Bonchev–Trinajstić information content (AvgIpc) is 2.16. The molecule has 1 atom stereocenters. The Labute approximate surface area is 76.4 Å². The highest BCUT2D eigenvalue weighted by atomic mass is 16.3. The van der Waals surface area contributed by atoms with Crippen LogP contribution in [0.25, 0.3) is 0 Å². The second kappa shape index (κ2) is 4.11. The Balaban J connectivity index is 3.05. The molecule has 0 saturated heterocycles. The van der Waals surface area contributed by atoms with Gasteiger partial charge in [-0.2, -0.15) is 0 Å². The number of rotatable bonds is 3. The molecule has 0 fully saturated rings. The minimum absolute atomic E-state index is 0.124. The number of carbonyl (C=O) groups excluding carboxylic acids is 1. The van der Waals surface area contributed by atoms with Crippen LogP contribution in [0.2, 0.25) is 0 Å². The lowest BCUT2D eigenvalue weighted by Gasteiger charge is -2.11. The number of aromatic nitrogens is 1. The van der Waals surface area contributed by atoms with Crippen molar-refractivity contribution in [2.45, 2.75) is 19.6 Å². The monoisotopic (exact) mass is 180 g/mol. The largest absolute Gasteiger partial charge is 0.392 e. The van der Waals surface area contributed by atoms with Crippen molar-refractivity contribution in [2.24, 2.45) is 5.73 Å². The van der Waals surface area contributed by atoms with Crippen LogP contribution in [0.1, 0.15) is 24.1 Å². The molecule has 0 aliphatic carbocycles. The van der Waals surface area contributed by atoms with Crippen molar-refractivity contribution in [2.75, 3.05) is 0 Å². The minimum Gasteiger partial charge on any atom is -0.392 e. The fourth-order valence-corrected chi connectivity index (χ4v) is 1.09. The zero-order valence-corrected chi connectivity index (χ0v) is 7.40. The zero-order chi connectivity index (χ0) is 9.84. The number of aliphatic hydroxyl groups is 1. The molecule has 0 bridgehead atoms. The van der Waals surface area contributed by atoms with Crippen LogP contribution in [0.4, 0.5) is 0 Å². The van der Waals surface area contributed by atoms with Gasteiger partial charge >= 0.3 is 0 Å². The molecule has 4 heteroatoms. The molecule has 0 saturated carbocycles. The lowest BCUT2D eigenvalue weighted by Crippen LogP contribution is -2.20. The number of nitrogens with zero attached hydrogens (tertiary/aromatic N) is 1. The van der Waals surface area contributed by atoms with Crippen molar-refractivity contribution in [1.82, 2.24) is 4.98 Å². The Hall–Kier alpha value is -1.26. The van der Waals surface area contributed by atoms with E-state index in [1.54, 1.807) is 12.3 Å². The third kappa shape index (κ3) is 2.11. The summed E-state index contributed by atoms with van der Waals surface area (Å²) in [4.78, 5) is 14.8. The number of carbonyl (C=O) groups is 1. The molecule has 0 aliphatic heterocycles. The molecule has 1 rings (SSSR count). The van der Waals surface area contributed by atoms with E-state index in [2.05, 4.69) is 4.98 Å². The van der Waals surface area contributed by atoms with Crippen LogP contribution in [0.3, 0.4) is 0 Å². The molecule has 0 aromatic carbocycles. The number of Topliss-reactive ketones (excluding diaryl/α,β-unsaturated/α-hetero) is 1. The topological polar surface area (TPSA) is 76.2 Å². The maximum Gasteiger partial charge on any atom is 0.150 e. The summed E-state index contributed by atoms with van der Waals surface area (Å²) in [5, 5.41) is 8.94. The molecule has 70 valence electrons. The van der Waals surface area contributed by atoms with E-state index in [1.807, 2.05) is 0 Å². The van der Waals surface area contributed by atoms with Crippen molar-refractivity contribution in [3.8, 4) is 0 Å². The van der Waals surface area contributed by atoms with Gasteiger partial charge in [-0.25, -0.2) is 0 Å². The first-order valence-electron chi connectivity index (χ1n) is 3.96. The lowest BCUT2D eigenvalue weighted by atomic mass is 10.0. The average molecular weight is 180 g/mol. The van der Waals surface area contributed by atoms with E-state index in [1.165, 1.54) is 13.1 Å². The van der Waals surface area contributed by atoms with E-state index in [0.29, 0.717) is 11.1 Å². The maximum atomic E-state index is 11.0. The SMILES string of the molecule is CC(=O)C(N)c1ccncc1CO. The summed E-state index contributed by atoms with van der Waals surface area (Å²) in [6.07, 6.45) is 3.06. The van der Waals surface area contributed by atoms with Crippen molar-refractivity contribution in [3.05, 3.63) is 29.6 Å². The number of pyridine rings is 1. The fourth-order valence-electron chi connectivity index (χ4n) is 1.09. The molecule has 13 heavy (non-hydrogen) atoms. The Bertz CT molecular complexity index is 312. The van der Waals surface area contributed by atoms with Gasteiger partial charge in [-0.05, 0) is 18.6 Å². The Morgan fingerprint density at radius 3 is 3.00 bits per heavy atom. The summed E-state index contributed by atoms with van der Waals surface area (Å²) >= 11 is 0. The van der Waals surface area contributed by atoms with E-state index in [0.717, 1.165) is 0 Å². The number of aliphatic hydroxyl groups excluding tert-OH is 1. The van der Waals surface area contributed by atoms with E-state index in [9.17, 15) is 4.79 Å². The van der Waals surface area contributed by atoms with Crippen molar-refractivity contribution >= 4 is 5.78 Å². The molecule has 0 spiro atoms. The first kappa shape index (κ1) is 9.83. The third-order valence-corrected chi connectivity index (χ3v) is 1.88. The van der Waals surface area contributed by atoms with Gasteiger partial charge < -0.3 is 10.8 Å². The van der Waals surface area contributed by atoms with Gasteiger partial charge in [0.25, 0.3) is 0 Å². The molecular formula is C9H12N2O2. The van der Waals surface area contributed by atoms with Crippen LogP contribution in [-0.2, 0) is 11.4 Å². The maximum absolute atomic E-state index is 11.0. The Kier molecular flexibility index (Phi) is 3.11. The molecule has 1 aromatic rings. The van der Waals surface area contributed by atoms with Crippen LogP contribution >= 0.6 is 0 Å². The standard InChI is InChI=1S/C9H12N2O2/c1-6(13)9(10)8-2-3-11-4-7(8)5-12/h2-4,9,12H,5,10H2,1H3. The number of hydrogen-bond acceptors (Lipinski definition) is 4. The fraction of sp³-hybridized carbons (Fsp3) is 0.333. The van der Waals surface area contributed by atoms with Crippen molar-refractivity contribution in [3.63, 3.8) is 0 Å². The molecular weight excluding hydrogens is 168 g/mol. The zero-order valence-electron chi connectivity index (χ0n) is 7.40. The number of ketones is 1. The van der Waals surface area contributed by atoms with Gasteiger partial charge in [0.1, 0.15) is 0 Å². The van der Waals surface area contributed by atoms with Crippen LogP contribution in [-0.4, -0.2) is 15.9 Å². The minimum atomic E-state index is -0.662. The molecule has 1 aromatic heterocycles. The summed E-state index contributed by atoms with van der Waals surface area (Å²) in [5.74, 6) is -0.124. The Morgan fingerprint density at radius 1 is 1.77 bits per heavy atom. The van der Waals surface area contributed by atoms with Crippen LogP contribution in [0, 0.1) is 0 Å². The lowest BCUT2D eigenvalue weighted by molar-refractivity contribution is -0.118. The highest BCUT2D eigenvalue weighted by molar-refractivity contribution is 5.82. The van der Waals surface area contributed by atoms with Gasteiger partial charge in [-0.15, -0.1) is 0 Å². The van der Waals surface area contributed by atoms with Gasteiger partial charge in [0.15, 0.2) is 5.78 Å². The highest BCUT2D eigenvalue weighted by Crippen LogP contribution is 2.15. The smallest absolute Gasteiger partial charge is 0.150 e. The van der Waals surface area contributed by atoms with Crippen molar-refractivity contribution in [1.29, 1.82) is 0 Å². The third-order valence-electron chi connectivity index (χ3n) is 1.88. The van der Waals surface area contributed by atoms with Crippen molar-refractivity contribution < 1.29 is 9.90 Å². The molecule has 0 aliphatic rings. The Morgan fingerprint density at radius 2 is 2.46 bits per heavy atom.